The second-order valence-electron chi connectivity index (χ2n) is 15.3. The van der Waals surface area contributed by atoms with Crippen molar-refractivity contribution in [3.8, 4) is 56.2 Å². The Morgan fingerprint density at radius 3 is 1.53 bits per heavy atom. The molecule has 0 fully saturated rings. The smallest absolute Gasteiger partial charge is 0.160 e. The molecule has 59 heavy (non-hydrogen) atoms. The standard InChI is InChI=1S/C56H34N2O/c1-3-15-35(16-4-1)51-34-52(58-56(57-51)36-17-5-2-6-18-36)39-20-13-19-37(31-39)40-27-14-28-53-54(40)50-33-48(45-25-11-12-26-47(45)55(50)59-53)38-29-30-46-43-23-8-7-21-41(43)42-22-9-10-24-44(42)49(46)32-38/h1-34H. The molecule has 12 aromatic rings. The van der Waals surface area contributed by atoms with Gasteiger partial charge in [-0.1, -0.05) is 176 Å². The molecule has 3 nitrogen and oxygen atoms in total. The van der Waals surface area contributed by atoms with Crippen molar-refractivity contribution in [2.24, 2.45) is 0 Å². The van der Waals surface area contributed by atoms with Crippen LogP contribution in [-0.4, -0.2) is 9.97 Å². The van der Waals surface area contributed by atoms with Crippen LogP contribution in [0.4, 0.5) is 0 Å². The Bertz CT molecular complexity index is 3510. The van der Waals surface area contributed by atoms with Gasteiger partial charge < -0.3 is 4.42 Å². The fourth-order valence-electron chi connectivity index (χ4n) is 9.12. The number of fused-ring (bicyclic) bond motifs is 11. The first kappa shape index (κ1) is 33.3. The van der Waals surface area contributed by atoms with Crippen molar-refractivity contribution < 1.29 is 4.42 Å². The van der Waals surface area contributed by atoms with E-state index in [0.29, 0.717) is 5.82 Å². The summed E-state index contributed by atoms with van der Waals surface area (Å²) in [5, 5.41) is 12.1. The Morgan fingerprint density at radius 1 is 0.288 bits per heavy atom. The third-order valence-corrected chi connectivity index (χ3v) is 11.9. The maximum absolute atomic E-state index is 6.82. The van der Waals surface area contributed by atoms with Crippen molar-refractivity contribution >= 4 is 65.0 Å². The van der Waals surface area contributed by atoms with Crippen molar-refractivity contribution in [2.45, 2.75) is 0 Å². The van der Waals surface area contributed by atoms with Crippen LogP contribution in [0.15, 0.2) is 211 Å². The third kappa shape index (κ3) is 5.44. The molecule has 0 aliphatic heterocycles. The highest BCUT2D eigenvalue weighted by Crippen LogP contribution is 2.45. The van der Waals surface area contributed by atoms with Gasteiger partial charge in [-0.2, -0.15) is 0 Å². The Morgan fingerprint density at radius 2 is 0.814 bits per heavy atom. The Kier molecular flexibility index (Phi) is 7.54. The normalized spacial score (nSPS) is 11.7. The van der Waals surface area contributed by atoms with E-state index in [1.165, 1.54) is 48.8 Å². The van der Waals surface area contributed by atoms with Crippen LogP contribution in [0.2, 0.25) is 0 Å². The Hall–Kier alpha value is -7.88. The van der Waals surface area contributed by atoms with Crippen LogP contribution in [0.25, 0.3) is 121 Å². The molecule has 0 bridgehead atoms. The van der Waals surface area contributed by atoms with Crippen LogP contribution in [0.5, 0.6) is 0 Å². The summed E-state index contributed by atoms with van der Waals surface area (Å²) in [6.45, 7) is 0. The molecule has 0 atom stereocenters. The zero-order valence-electron chi connectivity index (χ0n) is 31.9. The van der Waals surface area contributed by atoms with Gasteiger partial charge in [-0.3, -0.25) is 0 Å². The molecule has 0 radical (unpaired) electrons. The molecule has 2 heterocycles. The van der Waals surface area contributed by atoms with E-state index in [1.807, 2.05) is 36.4 Å². The summed E-state index contributed by atoms with van der Waals surface area (Å²) in [6.07, 6.45) is 0. The maximum Gasteiger partial charge on any atom is 0.160 e. The first-order valence-corrected chi connectivity index (χ1v) is 20.1. The first-order chi connectivity index (χ1) is 29.2. The second-order valence-corrected chi connectivity index (χ2v) is 15.3. The largest absolute Gasteiger partial charge is 0.455 e. The molecule has 2 aromatic heterocycles. The predicted molar refractivity (Wildman–Crippen MR) is 247 cm³/mol. The number of benzene rings is 10. The van der Waals surface area contributed by atoms with Crippen molar-refractivity contribution in [3.05, 3.63) is 206 Å². The monoisotopic (exact) mass is 750 g/mol. The lowest BCUT2D eigenvalue weighted by Crippen LogP contribution is -1.96. The highest BCUT2D eigenvalue weighted by Gasteiger charge is 2.19. The summed E-state index contributed by atoms with van der Waals surface area (Å²) in [6, 6.07) is 73.3. The summed E-state index contributed by atoms with van der Waals surface area (Å²) in [5.41, 5.74) is 11.1. The van der Waals surface area contributed by atoms with Gasteiger partial charge in [0.05, 0.1) is 11.4 Å². The van der Waals surface area contributed by atoms with E-state index in [4.69, 9.17) is 14.4 Å². The van der Waals surface area contributed by atoms with Gasteiger partial charge in [-0.05, 0) is 90.3 Å². The van der Waals surface area contributed by atoms with Crippen LogP contribution < -0.4 is 0 Å². The molecule has 0 saturated heterocycles. The number of hydrogen-bond donors (Lipinski definition) is 0. The fraction of sp³-hybridized carbons (Fsp3) is 0. The van der Waals surface area contributed by atoms with E-state index in [-0.39, 0.29) is 0 Å². The minimum atomic E-state index is 0.699. The number of hydrogen-bond acceptors (Lipinski definition) is 3. The highest BCUT2D eigenvalue weighted by molar-refractivity contribution is 6.27. The van der Waals surface area contributed by atoms with Gasteiger partial charge in [0.1, 0.15) is 11.2 Å². The average Bonchev–Trinajstić information content (AvgIpc) is 3.71. The van der Waals surface area contributed by atoms with E-state index >= 15 is 0 Å². The molecular formula is C56H34N2O. The molecule has 12 rings (SSSR count). The lowest BCUT2D eigenvalue weighted by atomic mass is 9.89. The van der Waals surface area contributed by atoms with Crippen molar-refractivity contribution in [1.82, 2.24) is 9.97 Å². The highest BCUT2D eigenvalue weighted by atomic mass is 16.3. The lowest BCUT2D eigenvalue weighted by molar-refractivity contribution is 0.673. The van der Waals surface area contributed by atoms with E-state index in [0.717, 1.165) is 66.5 Å². The van der Waals surface area contributed by atoms with Crippen molar-refractivity contribution in [3.63, 3.8) is 0 Å². The lowest BCUT2D eigenvalue weighted by Gasteiger charge is -2.13. The maximum atomic E-state index is 6.82. The third-order valence-electron chi connectivity index (χ3n) is 11.9. The number of aromatic nitrogens is 2. The fourth-order valence-corrected chi connectivity index (χ4v) is 9.12. The first-order valence-electron chi connectivity index (χ1n) is 20.1. The van der Waals surface area contributed by atoms with Gasteiger partial charge in [0, 0.05) is 32.8 Å². The molecule has 0 aliphatic carbocycles. The molecule has 0 N–H and O–H groups in total. The van der Waals surface area contributed by atoms with Crippen molar-refractivity contribution in [2.75, 3.05) is 0 Å². The van der Waals surface area contributed by atoms with E-state index < -0.39 is 0 Å². The molecule has 0 amide bonds. The SMILES string of the molecule is c1ccc(-c2cc(-c3cccc(-c4cccc5oc6c7ccccc7c(-c7ccc8c9ccccc9c9ccccc9c8c7)cc6c45)c3)nc(-c3ccccc3)n2)cc1. The summed E-state index contributed by atoms with van der Waals surface area (Å²) < 4.78 is 6.82. The van der Waals surface area contributed by atoms with Crippen molar-refractivity contribution in [1.29, 1.82) is 0 Å². The van der Waals surface area contributed by atoms with Crippen LogP contribution in [0, 0.1) is 0 Å². The average molecular weight is 751 g/mol. The Labute approximate surface area is 340 Å². The molecule has 10 aromatic carbocycles. The molecular weight excluding hydrogens is 717 g/mol. The van der Waals surface area contributed by atoms with E-state index in [9.17, 15) is 0 Å². The van der Waals surface area contributed by atoms with Gasteiger partial charge in [-0.15, -0.1) is 0 Å². The van der Waals surface area contributed by atoms with Gasteiger partial charge in [0.15, 0.2) is 5.82 Å². The number of rotatable bonds is 5. The summed E-state index contributed by atoms with van der Waals surface area (Å²) in [5.74, 6) is 0.699. The zero-order valence-corrected chi connectivity index (χ0v) is 31.9. The predicted octanol–water partition coefficient (Wildman–Crippen LogP) is 15.3. The van der Waals surface area contributed by atoms with Crippen LogP contribution in [0.1, 0.15) is 0 Å². The van der Waals surface area contributed by atoms with Crippen LogP contribution in [0.3, 0.4) is 0 Å². The number of nitrogens with zero attached hydrogens (tertiary/aromatic N) is 2. The molecule has 3 heteroatoms. The minimum absolute atomic E-state index is 0.699. The molecule has 274 valence electrons. The summed E-state index contributed by atoms with van der Waals surface area (Å²) in [4.78, 5) is 10.2. The molecule has 0 saturated carbocycles. The number of furan rings is 1. The van der Waals surface area contributed by atoms with E-state index in [1.54, 1.807) is 0 Å². The molecule has 0 aliphatic rings. The topological polar surface area (TPSA) is 38.9 Å². The molecule has 0 unspecified atom stereocenters. The Balaban J connectivity index is 1.06. The van der Waals surface area contributed by atoms with E-state index in [2.05, 4.69) is 170 Å². The van der Waals surface area contributed by atoms with Gasteiger partial charge >= 0.3 is 0 Å². The minimum Gasteiger partial charge on any atom is -0.455 e. The van der Waals surface area contributed by atoms with Gasteiger partial charge in [0.25, 0.3) is 0 Å². The van der Waals surface area contributed by atoms with Crippen LogP contribution >= 0.6 is 0 Å². The summed E-state index contributed by atoms with van der Waals surface area (Å²) >= 11 is 0. The summed E-state index contributed by atoms with van der Waals surface area (Å²) in [7, 11) is 0. The second kappa shape index (κ2) is 13.4. The van der Waals surface area contributed by atoms with Gasteiger partial charge in [-0.25, -0.2) is 9.97 Å². The molecule has 0 spiro atoms. The van der Waals surface area contributed by atoms with Crippen LogP contribution in [-0.2, 0) is 0 Å². The quantitative estimate of drug-likeness (QED) is 0.164. The zero-order chi connectivity index (χ0) is 38.9. The van der Waals surface area contributed by atoms with Gasteiger partial charge in [0.2, 0.25) is 0 Å².